The molecule has 0 spiro atoms. The van der Waals surface area contributed by atoms with Gasteiger partial charge in [0, 0.05) is 17.3 Å². The summed E-state index contributed by atoms with van der Waals surface area (Å²) >= 11 is 6.17. The second kappa shape index (κ2) is 8.09. The number of aryl methyl sites for hydroxylation is 1. The quantitative estimate of drug-likeness (QED) is 0.575. The minimum absolute atomic E-state index is 0.574. The summed E-state index contributed by atoms with van der Waals surface area (Å²) in [6.07, 6.45) is 0. The predicted octanol–water partition coefficient (Wildman–Crippen LogP) is 6.15. The van der Waals surface area contributed by atoms with Crippen LogP contribution >= 0.6 is 11.6 Å². The zero-order chi connectivity index (χ0) is 17.6. The van der Waals surface area contributed by atoms with Gasteiger partial charge in [-0.3, -0.25) is 0 Å². The highest BCUT2D eigenvalue weighted by Crippen LogP contribution is 2.24. The van der Waals surface area contributed by atoms with Crippen LogP contribution in [0.4, 0.5) is 5.69 Å². The number of anilines is 1. The summed E-state index contributed by atoms with van der Waals surface area (Å²) in [5.41, 5.74) is 5.71. The third-order valence-corrected chi connectivity index (χ3v) is 4.58. The van der Waals surface area contributed by atoms with Gasteiger partial charge >= 0.3 is 0 Å². The Balaban J connectivity index is 1.61. The van der Waals surface area contributed by atoms with Crippen LogP contribution in [-0.4, -0.2) is 0 Å². The fraction of sp³-hybridized carbons (Fsp3) is 0.182. The molecule has 0 atom stereocenters. The summed E-state index contributed by atoms with van der Waals surface area (Å²) < 4.78 is 5.92. The van der Waals surface area contributed by atoms with Crippen molar-refractivity contribution in [3.63, 3.8) is 0 Å². The van der Waals surface area contributed by atoms with E-state index < -0.39 is 0 Å². The van der Waals surface area contributed by atoms with Crippen molar-refractivity contribution < 1.29 is 4.74 Å². The number of rotatable bonds is 6. The van der Waals surface area contributed by atoms with E-state index in [0.717, 1.165) is 28.6 Å². The Bertz CT molecular complexity index is 843. The van der Waals surface area contributed by atoms with Gasteiger partial charge < -0.3 is 10.1 Å². The monoisotopic (exact) mass is 351 g/mol. The van der Waals surface area contributed by atoms with Crippen molar-refractivity contribution in [2.45, 2.75) is 27.0 Å². The highest BCUT2D eigenvalue weighted by molar-refractivity contribution is 6.31. The Hall–Kier alpha value is -2.45. The largest absolute Gasteiger partial charge is 0.489 e. The molecular formula is C22H22ClNO. The predicted molar refractivity (Wildman–Crippen MR) is 105 cm³/mol. The van der Waals surface area contributed by atoms with Gasteiger partial charge in [0.1, 0.15) is 12.4 Å². The molecule has 3 rings (SSSR count). The summed E-state index contributed by atoms with van der Waals surface area (Å²) in [5, 5.41) is 4.22. The summed E-state index contributed by atoms with van der Waals surface area (Å²) in [4.78, 5) is 0. The zero-order valence-corrected chi connectivity index (χ0v) is 15.3. The standard InChI is InChI=1S/C22H22ClNO/c1-16-9-11-18(12-10-16)15-25-20-6-3-5-19(13-20)14-24-22-8-4-7-21(23)17(22)2/h3-13,24H,14-15H2,1-2H3. The van der Waals surface area contributed by atoms with Crippen molar-refractivity contribution in [2.24, 2.45) is 0 Å². The number of hydrogen-bond donors (Lipinski definition) is 1. The Morgan fingerprint density at radius 3 is 2.44 bits per heavy atom. The number of hydrogen-bond acceptors (Lipinski definition) is 2. The Labute approximate surface area is 154 Å². The first-order valence-corrected chi connectivity index (χ1v) is 8.76. The molecule has 0 saturated carbocycles. The number of benzene rings is 3. The lowest BCUT2D eigenvalue weighted by molar-refractivity contribution is 0.306. The first-order chi connectivity index (χ1) is 12.1. The maximum absolute atomic E-state index is 6.17. The van der Waals surface area contributed by atoms with E-state index in [0.29, 0.717) is 6.61 Å². The fourth-order valence-corrected chi connectivity index (χ4v) is 2.77. The first kappa shape index (κ1) is 17.4. The van der Waals surface area contributed by atoms with E-state index >= 15 is 0 Å². The maximum Gasteiger partial charge on any atom is 0.120 e. The number of nitrogens with one attached hydrogen (secondary N) is 1. The Morgan fingerprint density at radius 2 is 1.64 bits per heavy atom. The third kappa shape index (κ3) is 4.77. The summed E-state index contributed by atoms with van der Waals surface area (Å²) in [6, 6.07) is 22.5. The topological polar surface area (TPSA) is 21.3 Å². The second-order valence-electron chi connectivity index (χ2n) is 6.19. The first-order valence-electron chi connectivity index (χ1n) is 8.38. The Morgan fingerprint density at radius 1 is 0.880 bits per heavy atom. The molecular weight excluding hydrogens is 330 g/mol. The van der Waals surface area contributed by atoms with Crippen LogP contribution in [0.1, 0.15) is 22.3 Å². The molecule has 3 aromatic rings. The molecule has 0 amide bonds. The smallest absolute Gasteiger partial charge is 0.120 e. The van der Waals surface area contributed by atoms with E-state index in [1.165, 1.54) is 16.7 Å². The minimum atomic E-state index is 0.574. The zero-order valence-electron chi connectivity index (χ0n) is 14.6. The van der Waals surface area contributed by atoms with Crippen LogP contribution in [-0.2, 0) is 13.2 Å². The molecule has 0 fully saturated rings. The van der Waals surface area contributed by atoms with Crippen molar-refractivity contribution in [3.8, 4) is 5.75 Å². The Kier molecular flexibility index (Phi) is 5.62. The van der Waals surface area contributed by atoms with Crippen LogP contribution in [0.25, 0.3) is 0 Å². The number of ether oxygens (including phenoxy) is 1. The van der Waals surface area contributed by atoms with E-state index in [2.05, 4.69) is 48.6 Å². The third-order valence-electron chi connectivity index (χ3n) is 4.18. The summed E-state index contributed by atoms with van der Waals surface area (Å²) in [6.45, 7) is 5.40. The van der Waals surface area contributed by atoms with Gasteiger partial charge in [-0.1, -0.05) is 59.6 Å². The molecule has 3 aromatic carbocycles. The molecule has 0 unspecified atom stereocenters. The van der Waals surface area contributed by atoms with E-state index in [9.17, 15) is 0 Å². The molecule has 0 bridgehead atoms. The normalized spacial score (nSPS) is 10.5. The summed E-state index contributed by atoms with van der Waals surface area (Å²) in [7, 11) is 0. The van der Waals surface area contributed by atoms with Gasteiger partial charge in [0.25, 0.3) is 0 Å². The molecule has 0 aliphatic heterocycles. The van der Waals surface area contributed by atoms with Crippen LogP contribution in [0.15, 0.2) is 66.7 Å². The molecule has 0 heterocycles. The van der Waals surface area contributed by atoms with E-state index in [-0.39, 0.29) is 0 Å². The lowest BCUT2D eigenvalue weighted by Gasteiger charge is -2.12. The van der Waals surface area contributed by atoms with Crippen molar-refractivity contribution in [3.05, 3.63) is 94.0 Å². The molecule has 0 aliphatic rings. The van der Waals surface area contributed by atoms with E-state index in [4.69, 9.17) is 16.3 Å². The number of halogens is 1. The van der Waals surface area contributed by atoms with Crippen molar-refractivity contribution in [1.29, 1.82) is 0 Å². The molecule has 3 heteroatoms. The summed E-state index contributed by atoms with van der Waals surface area (Å²) in [5.74, 6) is 0.877. The van der Waals surface area contributed by atoms with E-state index in [1.54, 1.807) is 0 Å². The molecule has 25 heavy (non-hydrogen) atoms. The molecule has 0 saturated heterocycles. The van der Waals surface area contributed by atoms with Gasteiger partial charge in [-0.25, -0.2) is 0 Å². The average molecular weight is 352 g/mol. The van der Waals surface area contributed by atoms with Crippen molar-refractivity contribution in [1.82, 2.24) is 0 Å². The molecule has 1 N–H and O–H groups in total. The van der Waals surface area contributed by atoms with Gasteiger partial charge in [0.15, 0.2) is 0 Å². The van der Waals surface area contributed by atoms with Crippen molar-refractivity contribution >= 4 is 17.3 Å². The van der Waals surface area contributed by atoms with Gasteiger partial charge in [-0.15, -0.1) is 0 Å². The van der Waals surface area contributed by atoms with Crippen molar-refractivity contribution in [2.75, 3.05) is 5.32 Å². The average Bonchev–Trinajstić information content (AvgIpc) is 2.63. The molecule has 0 radical (unpaired) electrons. The molecule has 2 nitrogen and oxygen atoms in total. The molecule has 0 aliphatic carbocycles. The van der Waals surface area contributed by atoms with Crippen LogP contribution in [0.5, 0.6) is 5.75 Å². The maximum atomic E-state index is 6.17. The highest BCUT2D eigenvalue weighted by Gasteiger charge is 2.03. The van der Waals surface area contributed by atoms with E-state index in [1.807, 2.05) is 37.3 Å². The van der Waals surface area contributed by atoms with Gasteiger partial charge in [0.2, 0.25) is 0 Å². The SMILES string of the molecule is Cc1ccc(COc2cccc(CNc3cccc(Cl)c3C)c2)cc1. The van der Waals surface area contributed by atoms with Crippen LogP contribution in [0, 0.1) is 13.8 Å². The lowest BCUT2D eigenvalue weighted by Crippen LogP contribution is -2.02. The molecule has 0 aromatic heterocycles. The van der Waals surface area contributed by atoms with Gasteiger partial charge in [0.05, 0.1) is 0 Å². The van der Waals surface area contributed by atoms with Crippen LogP contribution in [0.3, 0.4) is 0 Å². The molecule has 128 valence electrons. The second-order valence-corrected chi connectivity index (χ2v) is 6.59. The minimum Gasteiger partial charge on any atom is -0.489 e. The van der Waals surface area contributed by atoms with Crippen LogP contribution in [0.2, 0.25) is 5.02 Å². The van der Waals surface area contributed by atoms with Gasteiger partial charge in [-0.2, -0.15) is 0 Å². The van der Waals surface area contributed by atoms with Gasteiger partial charge in [-0.05, 0) is 54.8 Å². The fourth-order valence-electron chi connectivity index (χ4n) is 2.59. The lowest BCUT2D eigenvalue weighted by atomic mass is 10.1. The van der Waals surface area contributed by atoms with Crippen LogP contribution < -0.4 is 10.1 Å². The highest BCUT2D eigenvalue weighted by atomic mass is 35.5.